The van der Waals surface area contributed by atoms with Crippen molar-refractivity contribution in [2.45, 2.75) is 26.2 Å². The number of esters is 1. The molecule has 1 aromatic rings. The number of rotatable bonds is 7. The van der Waals surface area contributed by atoms with E-state index in [0.717, 1.165) is 24.1 Å². The van der Waals surface area contributed by atoms with Gasteiger partial charge in [-0.1, -0.05) is 49.8 Å². The molecule has 7 heteroatoms. The highest BCUT2D eigenvalue weighted by atomic mass is 32.2. The average Bonchev–Trinajstić information content (AvgIpc) is 3.08. The van der Waals surface area contributed by atoms with Crippen LogP contribution < -0.4 is 0 Å². The molecule has 1 aliphatic heterocycles. The van der Waals surface area contributed by atoms with Gasteiger partial charge in [0.2, 0.25) is 0 Å². The van der Waals surface area contributed by atoms with Crippen molar-refractivity contribution in [3.8, 4) is 0 Å². The first-order valence-corrected chi connectivity index (χ1v) is 9.16. The third-order valence-corrected chi connectivity index (χ3v) is 5.19. The third-order valence-electron chi connectivity index (χ3n) is 2.99. The van der Waals surface area contributed by atoms with Gasteiger partial charge in [0.15, 0.2) is 0 Å². The molecule has 118 valence electrons. The zero-order valence-electron chi connectivity index (χ0n) is 12.2. The van der Waals surface area contributed by atoms with Gasteiger partial charge in [-0.05, 0) is 23.9 Å². The fourth-order valence-corrected chi connectivity index (χ4v) is 3.83. The summed E-state index contributed by atoms with van der Waals surface area (Å²) in [6.07, 6.45) is 4.74. The van der Waals surface area contributed by atoms with Gasteiger partial charge in [-0.25, -0.2) is 0 Å². The van der Waals surface area contributed by atoms with Gasteiger partial charge in [-0.2, -0.15) is 0 Å². The molecule has 1 fully saturated rings. The van der Waals surface area contributed by atoms with E-state index in [1.165, 1.54) is 16.7 Å². The topological polar surface area (TPSA) is 46.6 Å². The monoisotopic (exact) mass is 355 g/mol. The number of amides is 1. The van der Waals surface area contributed by atoms with Gasteiger partial charge < -0.3 is 4.74 Å². The number of carbonyl (C=O) groups excluding carboxylic acids is 2. The molecule has 0 atom stereocenters. The van der Waals surface area contributed by atoms with Crippen LogP contribution in [-0.4, -0.2) is 34.2 Å². The van der Waals surface area contributed by atoms with Crippen LogP contribution in [0.25, 0.3) is 6.08 Å². The minimum atomic E-state index is -0.412. The van der Waals surface area contributed by atoms with E-state index in [1.807, 2.05) is 17.5 Å². The summed E-state index contributed by atoms with van der Waals surface area (Å²) in [5.74, 6) is -0.640. The second-order valence-corrected chi connectivity index (χ2v) is 7.37. The minimum absolute atomic E-state index is 0.113. The lowest BCUT2D eigenvalue weighted by atomic mass is 10.3. The van der Waals surface area contributed by atoms with E-state index >= 15 is 0 Å². The summed E-state index contributed by atoms with van der Waals surface area (Å²) in [5, 5.41) is 1.94. The number of hydrogen-bond donors (Lipinski definition) is 0. The van der Waals surface area contributed by atoms with Gasteiger partial charge in [-0.3, -0.25) is 14.5 Å². The Bertz CT molecular complexity index is 581. The molecular weight excluding hydrogens is 338 g/mol. The fourth-order valence-electron chi connectivity index (χ4n) is 1.85. The largest absolute Gasteiger partial charge is 0.464 e. The first-order valence-electron chi connectivity index (χ1n) is 7.06. The zero-order chi connectivity index (χ0) is 15.9. The average molecular weight is 356 g/mol. The number of thiocarbonyl (C=S) groups is 1. The molecule has 0 spiro atoms. The highest BCUT2D eigenvalue weighted by molar-refractivity contribution is 8.26. The summed E-state index contributed by atoms with van der Waals surface area (Å²) in [4.78, 5) is 26.9. The van der Waals surface area contributed by atoms with Crippen LogP contribution in [0, 0.1) is 0 Å². The second kappa shape index (κ2) is 8.45. The van der Waals surface area contributed by atoms with Crippen molar-refractivity contribution in [1.82, 2.24) is 4.90 Å². The molecule has 0 aliphatic carbocycles. The predicted octanol–water partition coefficient (Wildman–Crippen LogP) is 3.68. The van der Waals surface area contributed by atoms with E-state index in [1.54, 1.807) is 17.4 Å². The number of thiophene rings is 1. The van der Waals surface area contributed by atoms with Crippen LogP contribution in [0.5, 0.6) is 0 Å². The smallest absolute Gasteiger partial charge is 0.326 e. The van der Waals surface area contributed by atoms with Crippen LogP contribution in [0.3, 0.4) is 0 Å². The van der Waals surface area contributed by atoms with Crippen LogP contribution in [-0.2, 0) is 14.3 Å². The maximum absolute atomic E-state index is 12.3. The zero-order valence-corrected chi connectivity index (χ0v) is 14.7. The summed E-state index contributed by atoms with van der Waals surface area (Å²) >= 11 is 7.96. The van der Waals surface area contributed by atoms with E-state index in [0.29, 0.717) is 15.8 Å². The van der Waals surface area contributed by atoms with Gasteiger partial charge >= 0.3 is 5.97 Å². The molecule has 0 unspecified atom stereocenters. The molecule has 2 heterocycles. The summed E-state index contributed by atoms with van der Waals surface area (Å²) in [5.41, 5.74) is 0. The molecule has 0 radical (unpaired) electrons. The molecule has 1 amide bonds. The third kappa shape index (κ3) is 4.66. The maximum Gasteiger partial charge on any atom is 0.326 e. The SMILES string of the molecule is CCCCCOC(=O)CN1C(=O)/C(=C/c2cccs2)SC1=S. The lowest BCUT2D eigenvalue weighted by molar-refractivity contribution is -0.146. The van der Waals surface area contributed by atoms with Crippen molar-refractivity contribution in [2.24, 2.45) is 0 Å². The number of hydrogen-bond acceptors (Lipinski definition) is 6. The molecule has 1 aromatic heterocycles. The van der Waals surface area contributed by atoms with Crippen LogP contribution in [0.2, 0.25) is 0 Å². The van der Waals surface area contributed by atoms with Gasteiger partial charge in [0, 0.05) is 4.88 Å². The predicted molar refractivity (Wildman–Crippen MR) is 94.7 cm³/mol. The Hall–Kier alpha value is -1.18. The normalized spacial score (nSPS) is 16.6. The molecule has 2 rings (SSSR count). The standard InChI is InChI=1S/C15H17NO3S3/c1-2-3-4-7-19-13(17)10-16-14(18)12(22-15(16)20)9-11-6-5-8-21-11/h5-6,8-9H,2-4,7,10H2,1H3/b12-9-. The van der Waals surface area contributed by atoms with Crippen LogP contribution in [0.15, 0.2) is 22.4 Å². The summed E-state index contributed by atoms with van der Waals surface area (Å²) in [6, 6.07) is 3.85. The Balaban J connectivity index is 1.90. The Kier molecular flexibility index (Phi) is 6.60. The number of carbonyl (C=O) groups is 2. The van der Waals surface area contributed by atoms with Gasteiger partial charge in [0.1, 0.15) is 10.9 Å². The highest BCUT2D eigenvalue weighted by Gasteiger charge is 2.33. The number of unbranched alkanes of at least 4 members (excludes halogenated alkanes) is 2. The highest BCUT2D eigenvalue weighted by Crippen LogP contribution is 2.33. The maximum atomic E-state index is 12.3. The molecule has 1 aliphatic rings. The van der Waals surface area contributed by atoms with Gasteiger partial charge in [-0.15, -0.1) is 11.3 Å². The molecule has 1 saturated heterocycles. The van der Waals surface area contributed by atoms with Crippen molar-refractivity contribution in [1.29, 1.82) is 0 Å². The van der Waals surface area contributed by atoms with Crippen molar-refractivity contribution >= 4 is 57.6 Å². The van der Waals surface area contributed by atoms with Crippen LogP contribution >= 0.6 is 35.3 Å². The van der Waals surface area contributed by atoms with Crippen LogP contribution in [0.1, 0.15) is 31.1 Å². The molecule has 0 aromatic carbocycles. The number of nitrogens with zero attached hydrogens (tertiary/aromatic N) is 1. The molecular formula is C15H17NO3S3. The first kappa shape index (κ1) is 17.2. The van der Waals surface area contributed by atoms with E-state index in [9.17, 15) is 9.59 Å². The summed E-state index contributed by atoms with van der Waals surface area (Å²) < 4.78 is 5.53. The fraction of sp³-hybridized carbons (Fsp3) is 0.400. The Morgan fingerprint density at radius 1 is 1.45 bits per heavy atom. The lowest BCUT2D eigenvalue weighted by Crippen LogP contribution is -2.34. The van der Waals surface area contributed by atoms with Crippen LogP contribution in [0.4, 0.5) is 0 Å². The lowest BCUT2D eigenvalue weighted by Gasteiger charge is -2.13. The van der Waals surface area contributed by atoms with Crippen molar-refractivity contribution < 1.29 is 14.3 Å². The minimum Gasteiger partial charge on any atom is -0.464 e. The van der Waals surface area contributed by atoms with Gasteiger partial charge in [0.25, 0.3) is 5.91 Å². The Labute approximate surface area is 143 Å². The summed E-state index contributed by atoms with van der Waals surface area (Å²) in [6.45, 7) is 2.37. The molecule has 0 bridgehead atoms. The van der Waals surface area contributed by atoms with Crippen molar-refractivity contribution in [2.75, 3.05) is 13.2 Å². The molecule has 22 heavy (non-hydrogen) atoms. The van der Waals surface area contributed by atoms with E-state index in [-0.39, 0.29) is 12.5 Å². The van der Waals surface area contributed by atoms with Gasteiger partial charge in [0.05, 0.1) is 11.5 Å². The van der Waals surface area contributed by atoms with E-state index in [2.05, 4.69) is 6.92 Å². The quantitative estimate of drug-likeness (QED) is 0.323. The second-order valence-electron chi connectivity index (χ2n) is 4.71. The Morgan fingerprint density at radius 2 is 2.27 bits per heavy atom. The number of ether oxygens (including phenoxy) is 1. The van der Waals surface area contributed by atoms with Crippen molar-refractivity contribution in [3.63, 3.8) is 0 Å². The van der Waals surface area contributed by atoms with Crippen molar-refractivity contribution in [3.05, 3.63) is 27.3 Å². The molecule has 4 nitrogen and oxygen atoms in total. The Morgan fingerprint density at radius 3 is 2.95 bits per heavy atom. The van der Waals surface area contributed by atoms with E-state index in [4.69, 9.17) is 17.0 Å². The first-order chi connectivity index (χ1) is 10.6. The number of thioether (sulfide) groups is 1. The molecule has 0 N–H and O–H groups in total. The summed E-state index contributed by atoms with van der Waals surface area (Å²) in [7, 11) is 0. The van der Waals surface area contributed by atoms with E-state index < -0.39 is 5.97 Å². The molecule has 0 saturated carbocycles.